The first-order chi connectivity index (χ1) is 14.4. The number of imide groups is 1. The van der Waals surface area contributed by atoms with Gasteiger partial charge < -0.3 is 10.1 Å². The Labute approximate surface area is 175 Å². The molecule has 7 nitrogen and oxygen atoms in total. The summed E-state index contributed by atoms with van der Waals surface area (Å²) >= 11 is 0. The van der Waals surface area contributed by atoms with Crippen molar-refractivity contribution in [2.24, 2.45) is 0 Å². The zero-order valence-corrected chi connectivity index (χ0v) is 17.1. The number of esters is 1. The standard InChI is InChI=1S/C23H26N2O5/c1-3-7-16-10-12-17(13-11-16)19(26)14-15-20(27)30-21(18-8-5-4-6-9-18)22(28)25-23(29)24-2/h4-6,8-13,21H,3,7,14-15H2,1-2H3,(H2,24,25,28,29)/t21-/m0/s1. The van der Waals surface area contributed by atoms with Gasteiger partial charge in [-0.1, -0.05) is 67.9 Å². The van der Waals surface area contributed by atoms with Gasteiger partial charge >= 0.3 is 12.0 Å². The minimum Gasteiger partial charge on any atom is -0.447 e. The van der Waals surface area contributed by atoms with Gasteiger partial charge in [0.2, 0.25) is 6.10 Å². The molecule has 0 bridgehead atoms. The summed E-state index contributed by atoms with van der Waals surface area (Å²) in [5, 5.41) is 4.38. The van der Waals surface area contributed by atoms with Crippen LogP contribution in [-0.2, 0) is 20.7 Å². The van der Waals surface area contributed by atoms with Gasteiger partial charge in [-0.25, -0.2) is 4.79 Å². The van der Waals surface area contributed by atoms with Crippen LogP contribution in [-0.4, -0.2) is 30.7 Å². The van der Waals surface area contributed by atoms with Gasteiger partial charge in [0, 0.05) is 24.6 Å². The second-order valence-electron chi connectivity index (χ2n) is 6.72. The SMILES string of the molecule is CCCc1ccc(C(=O)CCC(=O)O[C@H](C(=O)NC(=O)NC)c2ccccc2)cc1. The van der Waals surface area contributed by atoms with Gasteiger partial charge in [0.05, 0.1) is 6.42 Å². The topological polar surface area (TPSA) is 102 Å². The van der Waals surface area contributed by atoms with E-state index in [1.54, 1.807) is 42.5 Å². The van der Waals surface area contributed by atoms with Crippen LogP contribution in [0.5, 0.6) is 0 Å². The monoisotopic (exact) mass is 410 g/mol. The molecule has 0 radical (unpaired) electrons. The third kappa shape index (κ3) is 6.84. The molecule has 2 N–H and O–H groups in total. The first kappa shape index (κ1) is 22.8. The molecule has 0 saturated heterocycles. The Morgan fingerprint density at radius 2 is 1.60 bits per heavy atom. The van der Waals surface area contributed by atoms with Crippen LogP contribution < -0.4 is 10.6 Å². The van der Waals surface area contributed by atoms with E-state index in [4.69, 9.17) is 4.74 Å². The van der Waals surface area contributed by atoms with Crippen molar-refractivity contribution in [3.8, 4) is 0 Å². The van der Waals surface area contributed by atoms with Gasteiger partial charge in [0.25, 0.3) is 5.91 Å². The Bertz CT molecular complexity index is 878. The second kappa shape index (κ2) is 11.5. The number of Topliss-reactive ketones (excluding diaryl/α,β-unsaturated/α-hetero) is 1. The van der Waals surface area contributed by atoms with Gasteiger partial charge in [-0.2, -0.15) is 0 Å². The molecule has 2 aromatic rings. The highest BCUT2D eigenvalue weighted by molar-refractivity contribution is 5.99. The predicted octanol–water partition coefficient (Wildman–Crippen LogP) is 3.34. The molecular weight excluding hydrogens is 384 g/mol. The number of ether oxygens (including phenoxy) is 1. The number of nitrogens with one attached hydrogen (secondary N) is 2. The van der Waals surface area contributed by atoms with E-state index in [9.17, 15) is 19.2 Å². The molecule has 0 aliphatic heterocycles. The van der Waals surface area contributed by atoms with E-state index in [1.807, 2.05) is 12.1 Å². The van der Waals surface area contributed by atoms with Crippen molar-refractivity contribution < 1.29 is 23.9 Å². The molecule has 0 unspecified atom stereocenters. The second-order valence-corrected chi connectivity index (χ2v) is 6.72. The number of urea groups is 1. The zero-order valence-electron chi connectivity index (χ0n) is 17.1. The molecule has 0 aliphatic rings. The van der Waals surface area contributed by atoms with Gasteiger partial charge in [-0.3, -0.25) is 19.7 Å². The van der Waals surface area contributed by atoms with E-state index in [0.29, 0.717) is 11.1 Å². The van der Waals surface area contributed by atoms with Crippen molar-refractivity contribution in [1.29, 1.82) is 0 Å². The first-order valence-corrected chi connectivity index (χ1v) is 9.83. The van der Waals surface area contributed by atoms with Crippen LogP contribution in [0.25, 0.3) is 0 Å². The maximum atomic E-state index is 12.4. The fraction of sp³-hybridized carbons (Fsp3) is 0.304. The summed E-state index contributed by atoms with van der Waals surface area (Å²) < 4.78 is 5.30. The summed E-state index contributed by atoms with van der Waals surface area (Å²) in [5.41, 5.74) is 2.10. The van der Waals surface area contributed by atoms with E-state index in [0.717, 1.165) is 18.4 Å². The average Bonchev–Trinajstić information content (AvgIpc) is 2.77. The number of carbonyl (C=O) groups excluding carboxylic acids is 4. The number of amides is 3. The fourth-order valence-electron chi connectivity index (χ4n) is 2.84. The minimum absolute atomic E-state index is 0.0372. The molecule has 0 fully saturated rings. The summed E-state index contributed by atoms with van der Waals surface area (Å²) in [4.78, 5) is 48.5. The molecule has 2 aromatic carbocycles. The van der Waals surface area contributed by atoms with Crippen molar-refractivity contribution in [3.63, 3.8) is 0 Å². The molecule has 0 spiro atoms. The van der Waals surface area contributed by atoms with Crippen molar-refractivity contribution in [2.45, 2.75) is 38.7 Å². The molecule has 3 amide bonds. The smallest absolute Gasteiger partial charge is 0.321 e. The van der Waals surface area contributed by atoms with E-state index >= 15 is 0 Å². The highest BCUT2D eigenvalue weighted by Gasteiger charge is 2.26. The summed E-state index contributed by atoms with van der Waals surface area (Å²) in [7, 11) is 1.37. The predicted molar refractivity (Wildman–Crippen MR) is 112 cm³/mol. The summed E-state index contributed by atoms with van der Waals surface area (Å²) in [6.07, 6.45) is 0.463. The lowest BCUT2D eigenvalue weighted by molar-refractivity contribution is -0.156. The molecule has 0 saturated carbocycles. The van der Waals surface area contributed by atoms with Gasteiger partial charge in [0.1, 0.15) is 0 Å². The number of benzene rings is 2. The van der Waals surface area contributed by atoms with Crippen molar-refractivity contribution in [1.82, 2.24) is 10.6 Å². The van der Waals surface area contributed by atoms with Crippen molar-refractivity contribution in [2.75, 3.05) is 7.05 Å². The van der Waals surface area contributed by atoms with E-state index in [-0.39, 0.29) is 18.6 Å². The summed E-state index contributed by atoms with van der Waals surface area (Å²) in [6, 6.07) is 15.0. The molecule has 1 atom stereocenters. The molecule has 0 aliphatic carbocycles. The average molecular weight is 410 g/mol. The highest BCUT2D eigenvalue weighted by Crippen LogP contribution is 2.19. The van der Waals surface area contributed by atoms with Crippen LogP contribution in [0, 0.1) is 0 Å². The molecule has 0 heterocycles. The van der Waals surface area contributed by atoms with Crippen LogP contribution in [0.2, 0.25) is 0 Å². The highest BCUT2D eigenvalue weighted by atomic mass is 16.5. The fourth-order valence-corrected chi connectivity index (χ4v) is 2.84. The third-order valence-electron chi connectivity index (χ3n) is 4.42. The molecular formula is C23H26N2O5. The Morgan fingerprint density at radius 1 is 0.933 bits per heavy atom. The molecule has 7 heteroatoms. The van der Waals surface area contributed by atoms with Crippen molar-refractivity contribution >= 4 is 23.7 Å². The zero-order chi connectivity index (χ0) is 21.9. The Balaban J connectivity index is 1.98. The van der Waals surface area contributed by atoms with E-state index < -0.39 is 24.0 Å². The number of hydrogen-bond acceptors (Lipinski definition) is 5. The Hall–Kier alpha value is -3.48. The van der Waals surface area contributed by atoms with Crippen molar-refractivity contribution in [3.05, 3.63) is 71.3 Å². The van der Waals surface area contributed by atoms with Gasteiger partial charge in [0.15, 0.2) is 5.78 Å². The number of carbonyl (C=O) groups is 4. The maximum Gasteiger partial charge on any atom is 0.321 e. The molecule has 30 heavy (non-hydrogen) atoms. The third-order valence-corrected chi connectivity index (χ3v) is 4.42. The Morgan fingerprint density at radius 3 is 2.20 bits per heavy atom. The Kier molecular flexibility index (Phi) is 8.75. The molecule has 158 valence electrons. The quantitative estimate of drug-likeness (QED) is 0.488. The summed E-state index contributed by atoms with van der Waals surface area (Å²) in [6.45, 7) is 2.09. The van der Waals surface area contributed by atoms with Crippen LogP contribution >= 0.6 is 0 Å². The molecule has 2 rings (SSSR count). The lowest BCUT2D eigenvalue weighted by Gasteiger charge is -2.17. The van der Waals surface area contributed by atoms with Crippen LogP contribution in [0.3, 0.4) is 0 Å². The largest absolute Gasteiger partial charge is 0.447 e. The lowest BCUT2D eigenvalue weighted by Crippen LogP contribution is -2.41. The van der Waals surface area contributed by atoms with Crippen LogP contribution in [0.15, 0.2) is 54.6 Å². The minimum atomic E-state index is -1.29. The number of aryl methyl sites for hydroxylation is 1. The molecule has 0 aromatic heterocycles. The maximum absolute atomic E-state index is 12.4. The first-order valence-electron chi connectivity index (χ1n) is 9.83. The van der Waals surface area contributed by atoms with Gasteiger partial charge in [-0.15, -0.1) is 0 Å². The van der Waals surface area contributed by atoms with E-state index in [2.05, 4.69) is 17.6 Å². The number of hydrogen-bond donors (Lipinski definition) is 2. The number of ketones is 1. The van der Waals surface area contributed by atoms with E-state index in [1.165, 1.54) is 7.05 Å². The summed E-state index contributed by atoms with van der Waals surface area (Å²) in [5.74, 6) is -1.65. The lowest BCUT2D eigenvalue weighted by atomic mass is 10.0. The van der Waals surface area contributed by atoms with Gasteiger partial charge in [-0.05, 0) is 12.0 Å². The van der Waals surface area contributed by atoms with Crippen LogP contribution in [0.1, 0.15) is 53.8 Å². The normalized spacial score (nSPS) is 11.3. The van der Waals surface area contributed by atoms with Crippen LogP contribution in [0.4, 0.5) is 4.79 Å². The number of rotatable bonds is 9.